The standard InChI is InChI=1S/C11H22/c1-5-10(3)8-7-9-11(10,4)6-2/h5-9H2,1-4H3/t10-,11?/m1/s1. The number of hydrogen-bond donors (Lipinski definition) is 0. The van der Waals surface area contributed by atoms with Crippen LogP contribution in [-0.2, 0) is 0 Å². The van der Waals surface area contributed by atoms with Crippen LogP contribution in [0.2, 0.25) is 0 Å². The molecule has 0 saturated heterocycles. The van der Waals surface area contributed by atoms with Crippen LogP contribution >= 0.6 is 0 Å². The largest absolute Gasteiger partial charge is 0.0648 e. The van der Waals surface area contributed by atoms with Gasteiger partial charge in [-0.1, -0.05) is 47.0 Å². The fraction of sp³-hybridized carbons (Fsp3) is 1.00. The van der Waals surface area contributed by atoms with Gasteiger partial charge in [0.2, 0.25) is 0 Å². The first kappa shape index (κ1) is 9.09. The maximum atomic E-state index is 2.48. The normalized spacial score (nSPS) is 44.7. The van der Waals surface area contributed by atoms with E-state index in [4.69, 9.17) is 0 Å². The summed E-state index contributed by atoms with van der Waals surface area (Å²) in [7, 11) is 0. The average Bonchev–Trinajstić information content (AvgIpc) is 2.31. The minimum Gasteiger partial charge on any atom is -0.0648 e. The maximum Gasteiger partial charge on any atom is -0.0275 e. The summed E-state index contributed by atoms with van der Waals surface area (Å²) in [5.41, 5.74) is 1.28. The molecule has 0 heterocycles. The molecule has 0 nitrogen and oxygen atoms in total. The molecule has 0 spiro atoms. The molecule has 1 aliphatic carbocycles. The Morgan fingerprint density at radius 3 is 1.55 bits per heavy atom. The lowest BCUT2D eigenvalue weighted by Gasteiger charge is -2.40. The van der Waals surface area contributed by atoms with Crippen LogP contribution in [0.5, 0.6) is 0 Å². The van der Waals surface area contributed by atoms with Gasteiger partial charge < -0.3 is 0 Å². The minimum atomic E-state index is 0.641. The van der Waals surface area contributed by atoms with Crippen LogP contribution in [0, 0.1) is 10.8 Å². The summed E-state index contributed by atoms with van der Waals surface area (Å²) in [5.74, 6) is 0. The molecule has 0 amide bonds. The van der Waals surface area contributed by atoms with E-state index in [2.05, 4.69) is 27.7 Å². The van der Waals surface area contributed by atoms with Gasteiger partial charge in [-0.15, -0.1) is 0 Å². The van der Waals surface area contributed by atoms with E-state index in [1.165, 1.54) is 32.1 Å². The van der Waals surface area contributed by atoms with Gasteiger partial charge in [0.25, 0.3) is 0 Å². The Kier molecular flexibility index (Phi) is 2.32. The Morgan fingerprint density at radius 1 is 0.909 bits per heavy atom. The fourth-order valence-electron chi connectivity index (χ4n) is 2.68. The highest BCUT2D eigenvalue weighted by Gasteiger charge is 2.45. The molecule has 0 radical (unpaired) electrons. The topological polar surface area (TPSA) is 0 Å². The SMILES string of the molecule is CCC1(C)CCC[C@@]1(C)CC. The van der Waals surface area contributed by atoms with E-state index < -0.39 is 0 Å². The molecule has 2 atom stereocenters. The van der Waals surface area contributed by atoms with Crippen molar-refractivity contribution in [3.63, 3.8) is 0 Å². The monoisotopic (exact) mass is 154 g/mol. The van der Waals surface area contributed by atoms with Gasteiger partial charge >= 0.3 is 0 Å². The minimum absolute atomic E-state index is 0.641. The Hall–Kier alpha value is 0. The van der Waals surface area contributed by atoms with Gasteiger partial charge in [0.15, 0.2) is 0 Å². The summed E-state index contributed by atoms with van der Waals surface area (Å²) in [6.45, 7) is 9.64. The molecule has 0 aromatic carbocycles. The molecule has 1 rings (SSSR count). The van der Waals surface area contributed by atoms with Crippen LogP contribution in [0.3, 0.4) is 0 Å². The fourth-order valence-corrected chi connectivity index (χ4v) is 2.68. The average molecular weight is 154 g/mol. The second-order valence-electron chi connectivity index (χ2n) is 4.68. The Morgan fingerprint density at radius 2 is 1.27 bits per heavy atom. The van der Waals surface area contributed by atoms with Crippen LogP contribution < -0.4 is 0 Å². The summed E-state index contributed by atoms with van der Waals surface area (Å²) in [6.07, 6.45) is 7.07. The van der Waals surface area contributed by atoms with Crippen LogP contribution in [-0.4, -0.2) is 0 Å². The van der Waals surface area contributed by atoms with Crippen LogP contribution in [0.1, 0.15) is 59.8 Å². The summed E-state index contributed by atoms with van der Waals surface area (Å²) >= 11 is 0. The summed E-state index contributed by atoms with van der Waals surface area (Å²) in [5, 5.41) is 0. The zero-order valence-electron chi connectivity index (χ0n) is 8.54. The van der Waals surface area contributed by atoms with E-state index in [0.29, 0.717) is 10.8 Å². The van der Waals surface area contributed by atoms with Crippen molar-refractivity contribution in [1.29, 1.82) is 0 Å². The molecule has 1 aliphatic rings. The van der Waals surface area contributed by atoms with E-state index in [1.807, 2.05) is 0 Å². The highest BCUT2D eigenvalue weighted by molar-refractivity contribution is 4.95. The Balaban J connectivity index is 2.79. The molecule has 66 valence electrons. The predicted molar refractivity (Wildman–Crippen MR) is 50.6 cm³/mol. The van der Waals surface area contributed by atoms with Gasteiger partial charge in [0.1, 0.15) is 0 Å². The second kappa shape index (κ2) is 2.80. The van der Waals surface area contributed by atoms with Crippen molar-refractivity contribution in [2.24, 2.45) is 10.8 Å². The summed E-state index contributed by atoms with van der Waals surface area (Å²) in [6, 6.07) is 0. The lowest BCUT2D eigenvalue weighted by molar-refractivity contribution is 0.0998. The highest BCUT2D eigenvalue weighted by Crippen LogP contribution is 2.56. The van der Waals surface area contributed by atoms with Crippen molar-refractivity contribution < 1.29 is 0 Å². The van der Waals surface area contributed by atoms with E-state index in [-0.39, 0.29) is 0 Å². The molecule has 0 aliphatic heterocycles. The van der Waals surface area contributed by atoms with Crippen LogP contribution in [0.25, 0.3) is 0 Å². The lowest BCUT2D eigenvalue weighted by Crippen LogP contribution is -2.30. The van der Waals surface area contributed by atoms with E-state index in [1.54, 1.807) is 0 Å². The molecule has 0 aromatic heterocycles. The first-order chi connectivity index (χ1) is 5.08. The summed E-state index contributed by atoms with van der Waals surface area (Å²) < 4.78 is 0. The van der Waals surface area contributed by atoms with Gasteiger partial charge in [0.05, 0.1) is 0 Å². The highest BCUT2D eigenvalue weighted by atomic mass is 14.5. The van der Waals surface area contributed by atoms with Gasteiger partial charge in [-0.05, 0) is 23.7 Å². The lowest BCUT2D eigenvalue weighted by atomic mass is 9.65. The third-order valence-electron chi connectivity index (χ3n) is 4.47. The molecule has 11 heavy (non-hydrogen) atoms. The smallest absolute Gasteiger partial charge is 0.0275 e. The third kappa shape index (κ3) is 1.21. The predicted octanol–water partition coefficient (Wildman–Crippen LogP) is 4.00. The molecular formula is C11H22. The van der Waals surface area contributed by atoms with Crippen molar-refractivity contribution in [3.05, 3.63) is 0 Å². The Bertz CT molecular complexity index is 123. The maximum absolute atomic E-state index is 2.48. The Labute approximate surface area is 71.4 Å². The van der Waals surface area contributed by atoms with Gasteiger partial charge in [-0.3, -0.25) is 0 Å². The third-order valence-corrected chi connectivity index (χ3v) is 4.47. The first-order valence-corrected chi connectivity index (χ1v) is 5.08. The van der Waals surface area contributed by atoms with E-state index >= 15 is 0 Å². The zero-order chi connectivity index (χ0) is 8.54. The van der Waals surface area contributed by atoms with Gasteiger partial charge in [0, 0.05) is 0 Å². The number of rotatable bonds is 2. The van der Waals surface area contributed by atoms with Crippen molar-refractivity contribution in [3.8, 4) is 0 Å². The molecule has 0 bridgehead atoms. The van der Waals surface area contributed by atoms with Crippen molar-refractivity contribution in [1.82, 2.24) is 0 Å². The molecule has 1 fully saturated rings. The summed E-state index contributed by atoms with van der Waals surface area (Å²) in [4.78, 5) is 0. The van der Waals surface area contributed by atoms with Crippen molar-refractivity contribution in [2.75, 3.05) is 0 Å². The molecule has 0 N–H and O–H groups in total. The zero-order valence-corrected chi connectivity index (χ0v) is 8.54. The molecule has 0 heteroatoms. The van der Waals surface area contributed by atoms with E-state index in [9.17, 15) is 0 Å². The van der Waals surface area contributed by atoms with Crippen LogP contribution in [0.15, 0.2) is 0 Å². The van der Waals surface area contributed by atoms with E-state index in [0.717, 1.165) is 0 Å². The van der Waals surface area contributed by atoms with Gasteiger partial charge in [-0.2, -0.15) is 0 Å². The van der Waals surface area contributed by atoms with Crippen LogP contribution in [0.4, 0.5) is 0 Å². The first-order valence-electron chi connectivity index (χ1n) is 5.08. The molecule has 1 saturated carbocycles. The quantitative estimate of drug-likeness (QED) is 0.564. The van der Waals surface area contributed by atoms with Crippen molar-refractivity contribution in [2.45, 2.75) is 59.8 Å². The molecular weight excluding hydrogens is 132 g/mol. The van der Waals surface area contributed by atoms with Crippen molar-refractivity contribution >= 4 is 0 Å². The molecule has 0 aromatic rings. The second-order valence-corrected chi connectivity index (χ2v) is 4.68. The number of hydrogen-bond acceptors (Lipinski definition) is 0. The van der Waals surface area contributed by atoms with Gasteiger partial charge in [-0.25, -0.2) is 0 Å². The molecule has 1 unspecified atom stereocenters.